The SMILES string of the molecule is CCC(CC)C1CC(NC(=NCCCN2CCOCC2)NCCc2ccco2)CCO1. The number of morpholine rings is 1. The summed E-state index contributed by atoms with van der Waals surface area (Å²) >= 11 is 0. The first-order valence-corrected chi connectivity index (χ1v) is 12.3. The zero-order chi connectivity index (χ0) is 21.7. The Labute approximate surface area is 187 Å². The number of nitrogens with zero attached hydrogens (tertiary/aromatic N) is 2. The molecule has 31 heavy (non-hydrogen) atoms. The fraction of sp³-hybridized carbons (Fsp3) is 0.792. The summed E-state index contributed by atoms with van der Waals surface area (Å²) in [5.41, 5.74) is 0. The molecule has 2 saturated heterocycles. The van der Waals surface area contributed by atoms with Crippen molar-refractivity contribution in [2.45, 2.75) is 64.5 Å². The molecule has 1 aromatic rings. The van der Waals surface area contributed by atoms with Crippen LogP contribution in [0.1, 0.15) is 51.7 Å². The van der Waals surface area contributed by atoms with Gasteiger partial charge in [0.15, 0.2) is 5.96 Å². The molecule has 2 aliphatic rings. The molecule has 0 spiro atoms. The van der Waals surface area contributed by atoms with Crippen LogP contribution in [0.5, 0.6) is 0 Å². The van der Waals surface area contributed by atoms with E-state index in [-0.39, 0.29) is 0 Å². The second-order valence-electron chi connectivity index (χ2n) is 8.65. The quantitative estimate of drug-likeness (QED) is 0.317. The van der Waals surface area contributed by atoms with Crippen molar-refractivity contribution in [1.82, 2.24) is 15.5 Å². The molecule has 0 saturated carbocycles. The van der Waals surface area contributed by atoms with Crippen LogP contribution in [0.25, 0.3) is 0 Å². The van der Waals surface area contributed by atoms with Crippen LogP contribution >= 0.6 is 0 Å². The molecule has 2 atom stereocenters. The lowest BCUT2D eigenvalue weighted by molar-refractivity contribution is -0.0324. The molecule has 0 amide bonds. The highest BCUT2D eigenvalue weighted by Crippen LogP contribution is 2.25. The molecular weight excluding hydrogens is 392 g/mol. The van der Waals surface area contributed by atoms with Gasteiger partial charge in [-0.3, -0.25) is 9.89 Å². The predicted molar refractivity (Wildman–Crippen MR) is 125 cm³/mol. The number of hydrogen-bond donors (Lipinski definition) is 2. The van der Waals surface area contributed by atoms with Gasteiger partial charge in [-0.25, -0.2) is 0 Å². The van der Waals surface area contributed by atoms with Gasteiger partial charge in [-0.1, -0.05) is 26.7 Å². The molecule has 2 fully saturated rings. The van der Waals surface area contributed by atoms with E-state index >= 15 is 0 Å². The number of nitrogens with one attached hydrogen (secondary N) is 2. The lowest BCUT2D eigenvalue weighted by Gasteiger charge is -2.35. The predicted octanol–water partition coefficient (Wildman–Crippen LogP) is 3.06. The van der Waals surface area contributed by atoms with Crippen molar-refractivity contribution in [3.63, 3.8) is 0 Å². The molecular formula is C24H42N4O3. The normalized spacial score (nSPS) is 23.3. The first-order chi connectivity index (χ1) is 15.3. The number of hydrogen-bond acceptors (Lipinski definition) is 5. The summed E-state index contributed by atoms with van der Waals surface area (Å²) in [6, 6.07) is 4.37. The van der Waals surface area contributed by atoms with Crippen molar-refractivity contribution in [1.29, 1.82) is 0 Å². The van der Waals surface area contributed by atoms with Gasteiger partial charge in [0.2, 0.25) is 0 Å². The first-order valence-electron chi connectivity index (χ1n) is 12.3. The molecule has 7 nitrogen and oxygen atoms in total. The average Bonchev–Trinajstić information content (AvgIpc) is 3.32. The number of ether oxygens (including phenoxy) is 2. The lowest BCUT2D eigenvalue weighted by atomic mass is 9.89. The second kappa shape index (κ2) is 13.8. The zero-order valence-electron chi connectivity index (χ0n) is 19.5. The highest BCUT2D eigenvalue weighted by molar-refractivity contribution is 5.80. The van der Waals surface area contributed by atoms with Crippen molar-refractivity contribution in [2.75, 3.05) is 52.5 Å². The van der Waals surface area contributed by atoms with Crippen LogP contribution < -0.4 is 10.6 Å². The van der Waals surface area contributed by atoms with E-state index in [2.05, 4.69) is 29.4 Å². The van der Waals surface area contributed by atoms with E-state index in [1.165, 1.54) is 12.8 Å². The van der Waals surface area contributed by atoms with Crippen molar-refractivity contribution in [3.8, 4) is 0 Å². The summed E-state index contributed by atoms with van der Waals surface area (Å²) in [5.74, 6) is 2.56. The van der Waals surface area contributed by atoms with E-state index < -0.39 is 0 Å². The number of rotatable bonds is 11. The Bertz CT molecular complexity index is 612. The van der Waals surface area contributed by atoms with Gasteiger partial charge in [0.05, 0.1) is 25.6 Å². The summed E-state index contributed by atoms with van der Waals surface area (Å²) in [6.45, 7) is 11.9. The topological polar surface area (TPSA) is 71.3 Å². The van der Waals surface area contributed by atoms with Crippen LogP contribution in [0.2, 0.25) is 0 Å². The van der Waals surface area contributed by atoms with Crippen molar-refractivity contribution < 1.29 is 13.9 Å². The minimum Gasteiger partial charge on any atom is -0.469 e. The Hall–Kier alpha value is -1.57. The zero-order valence-corrected chi connectivity index (χ0v) is 19.5. The van der Waals surface area contributed by atoms with Crippen molar-refractivity contribution >= 4 is 5.96 Å². The van der Waals surface area contributed by atoms with Crippen LogP contribution in [0.3, 0.4) is 0 Å². The molecule has 3 rings (SSSR count). The van der Waals surface area contributed by atoms with Crippen LogP contribution in [0, 0.1) is 5.92 Å². The molecule has 2 aliphatic heterocycles. The molecule has 7 heteroatoms. The summed E-state index contributed by atoms with van der Waals surface area (Å²) in [7, 11) is 0. The summed E-state index contributed by atoms with van der Waals surface area (Å²) in [5, 5.41) is 7.22. The average molecular weight is 435 g/mol. The van der Waals surface area contributed by atoms with E-state index in [4.69, 9.17) is 18.9 Å². The van der Waals surface area contributed by atoms with E-state index in [1.807, 2.05) is 12.1 Å². The van der Waals surface area contributed by atoms with Crippen LogP contribution in [0.15, 0.2) is 27.8 Å². The third-order valence-electron chi connectivity index (χ3n) is 6.48. The summed E-state index contributed by atoms with van der Waals surface area (Å²) in [6.07, 6.45) is 8.44. The Morgan fingerprint density at radius 3 is 2.81 bits per heavy atom. The summed E-state index contributed by atoms with van der Waals surface area (Å²) in [4.78, 5) is 7.36. The molecule has 2 unspecified atom stereocenters. The van der Waals surface area contributed by atoms with E-state index in [0.717, 1.165) is 89.9 Å². The second-order valence-corrected chi connectivity index (χ2v) is 8.65. The third kappa shape index (κ3) is 8.47. The van der Waals surface area contributed by atoms with Gasteiger partial charge < -0.3 is 24.5 Å². The third-order valence-corrected chi connectivity index (χ3v) is 6.48. The minimum atomic E-state index is 0.354. The maximum Gasteiger partial charge on any atom is 0.191 e. The van der Waals surface area contributed by atoms with Crippen molar-refractivity contribution in [3.05, 3.63) is 24.2 Å². The molecule has 2 N–H and O–H groups in total. The van der Waals surface area contributed by atoms with Crippen LogP contribution in [-0.4, -0.2) is 75.5 Å². The van der Waals surface area contributed by atoms with Crippen LogP contribution in [-0.2, 0) is 15.9 Å². The Kier molecular flexibility index (Phi) is 10.7. The molecule has 0 bridgehead atoms. The Morgan fingerprint density at radius 1 is 1.23 bits per heavy atom. The Balaban J connectivity index is 1.49. The monoisotopic (exact) mass is 434 g/mol. The molecule has 3 heterocycles. The van der Waals surface area contributed by atoms with E-state index in [0.29, 0.717) is 18.1 Å². The number of guanidine groups is 1. The maximum atomic E-state index is 6.10. The largest absolute Gasteiger partial charge is 0.469 e. The van der Waals surface area contributed by atoms with Gasteiger partial charge in [0.1, 0.15) is 5.76 Å². The standard InChI is InChI=1S/C24H42N4O3/c1-3-20(4-2)23-19-21(9-16-31-23)27-24(26-11-8-22-7-5-15-30-22)25-10-6-12-28-13-17-29-18-14-28/h5,7,15,20-21,23H,3-4,6,8-14,16-19H2,1-2H3,(H2,25,26,27). The Morgan fingerprint density at radius 2 is 2.06 bits per heavy atom. The summed E-state index contributed by atoms with van der Waals surface area (Å²) < 4.78 is 17.0. The molecule has 0 radical (unpaired) electrons. The van der Waals surface area contributed by atoms with E-state index in [1.54, 1.807) is 6.26 Å². The van der Waals surface area contributed by atoms with Gasteiger partial charge in [-0.2, -0.15) is 0 Å². The number of furan rings is 1. The van der Waals surface area contributed by atoms with Gasteiger partial charge >= 0.3 is 0 Å². The van der Waals surface area contributed by atoms with Crippen molar-refractivity contribution in [2.24, 2.45) is 10.9 Å². The van der Waals surface area contributed by atoms with Gasteiger partial charge in [-0.15, -0.1) is 0 Å². The van der Waals surface area contributed by atoms with Gasteiger partial charge in [0.25, 0.3) is 0 Å². The van der Waals surface area contributed by atoms with Gasteiger partial charge in [-0.05, 0) is 37.3 Å². The first kappa shape index (κ1) is 24.1. The highest BCUT2D eigenvalue weighted by Gasteiger charge is 2.28. The molecule has 0 aliphatic carbocycles. The smallest absolute Gasteiger partial charge is 0.191 e. The maximum absolute atomic E-state index is 6.10. The van der Waals surface area contributed by atoms with Gasteiger partial charge in [0, 0.05) is 51.8 Å². The van der Waals surface area contributed by atoms with Crippen LogP contribution in [0.4, 0.5) is 0 Å². The molecule has 176 valence electrons. The fourth-order valence-corrected chi connectivity index (χ4v) is 4.52. The molecule has 0 aromatic carbocycles. The minimum absolute atomic E-state index is 0.354. The molecule has 1 aromatic heterocycles. The number of aliphatic imine (C=N–C) groups is 1. The highest BCUT2D eigenvalue weighted by atomic mass is 16.5. The fourth-order valence-electron chi connectivity index (χ4n) is 4.52. The van der Waals surface area contributed by atoms with E-state index in [9.17, 15) is 0 Å². The lowest BCUT2D eigenvalue weighted by Crippen LogP contribution is -2.49.